The molecule has 17 heteroatoms. The highest BCUT2D eigenvalue weighted by Crippen LogP contribution is 2.28. The van der Waals surface area contributed by atoms with Crippen LogP contribution in [0.15, 0.2) is 84.9 Å². The summed E-state index contributed by atoms with van der Waals surface area (Å²) in [5, 5.41) is 5.81. The first-order valence-corrected chi connectivity index (χ1v) is 16.6. The van der Waals surface area contributed by atoms with Crippen LogP contribution >= 0.6 is 0 Å². The molecule has 4 aromatic carbocycles. The van der Waals surface area contributed by atoms with Crippen molar-refractivity contribution >= 4 is 56.7 Å². The van der Waals surface area contributed by atoms with Gasteiger partial charge in [0.15, 0.2) is 23.3 Å². The van der Waals surface area contributed by atoms with Gasteiger partial charge in [-0.25, -0.2) is 18.7 Å². The Kier molecular flexibility index (Phi) is 9.58. The molecule has 0 radical (unpaired) electrons. The fraction of sp³-hybridized carbons (Fsp3) is 0.105. The average Bonchev–Trinajstić information content (AvgIpc) is 3.67. The van der Waals surface area contributed by atoms with E-state index in [1.54, 1.807) is 66.5 Å². The molecule has 13 nitrogen and oxygen atoms in total. The molecule has 278 valence electrons. The Balaban J connectivity index is 0.000000169. The largest absolute Gasteiger partial charge is 0.497 e. The number of benzene rings is 4. The number of anilines is 6. The van der Waals surface area contributed by atoms with E-state index in [0.29, 0.717) is 50.8 Å². The van der Waals surface area contributed by atoms with Gasteiger partial charge in [-0.2, -0.15) is 28.7 Å². The Morgan fingerprint density at radius 3 is 1.38 bits per heavy atom. The van der Waals surface area contributed by atoms with Crippen molar-refractivity contribution in [2.45, 2.75) is 20.8 Å². The third-order valence-corrected chi connectivity index (χ3v) is 8.37. The second-order valence-corrected chi connectivity index (χ2v) is 12.2. The van der Waals surface area contributed by atoms with Gasteiger partial charge < -0.3 is 26.8 Å². The molecule has 0 fully saturated rings. The summed E-state index contributed by atoms with van der Waals surface area (Å²) in [6.45, 7) is 5.41. The molecule has 0 aliphatic rings. The molecule has 55 heavy (non-hydrogen) atoms. The molecule has 0 saturated carbocycles. The Morgan fingerprint density at radius 2 is 0.964 bits per heavy atom. The van der Waals surface area contributed by atoms with Gasteiger partial charge in [0, 0.05) is 23.5 Å². The first-order valence-electron chi connectivity index (χ1n) is 16.6. The second-order valence-electron chi connectivity index (χ2n) is 12.2. The van der Waals surface area contributed by atoms with Crippen molar-refractivity contribution in [3.63, 3.8) is 0 Å². The normalized spacial score (nSPS) is 11.1. The van der Waals surface area contributed by atoms with Crippen molar-refractivity contribution in [3.8, 4) is 17.6 Å². The fourth-order valence-electron chi connectivity index (χ4n) is 5.71. The van der Waals surface area contributed by atoms with E-state index in [-0.39, 0.29) is 35.2 Å². The van der Waals surface area contributed by atoms with E-state index in [4.69, 9.17) is 16.2 Å². The number of methoxy groups -OCH3 is 1. The summed E-state index contributed by atoms with van der Waals surface area (Å²) in [6.07, 6.45) is 0. The third kappa shape index (κ3) is 7.35. The zero-order valence-electron chi connectivity index (χ0n) is 29.7. The number of imidazole rings is 2. The van der Waals surface area contributed by atoms with Crippen LogP contribution in [0.4, 0.5) is 52.2 Å². The maximum Gasteiger partial charge on any atom is 0.239 e. The summed E-state index contributed by atoms with van der Waals surface area (Å²) in [4.78, 5) is 25.3. The highest BCUT2D eigenvalue weighted by molar-refractivity contribution is 5.79. The molecule has 0 amide bonds. The average molecular weight is 749 g/mol. The van der Waals surface area contributed by atoms with Crippen molar-refractivity contribution in [1.29, 1.82) is 0 Å². The number of nitrogen functional groups attached to an aromatic ring is 2. The topological polar surface area (TPSA) is 173 Å². The van der Waals surface area contributed by atoms with Crippen molar-refractivity contribution in [1.82, 2.24) is 39.0 Å². The smallest absolute Gasteiger partial charge is 0.239 e. The molecular formula is C38H32F4N12O. The molecule has 4 heterocycles. The molecule has 8 rings (SSSR count). The van der Waals surface area contributed by atoms with Gasteiger partial charge in [0.25, 0.3) is 0 Å². The van der Waals surface area contributed by atoms with E-state index >= 15 is 0 Å². The van der Waals surface area contributed by atoms with Crippen molar-refractivity contribution in [2.24, 2.45) is 0 Å². The molecule has 0 aliphatic carbocycles. The minimum atomic E-state index is -0.771. The highest BCUT2D eigenvalue weighted by Gasteiger charge is 2.20. The van der Waals surface area contributed by atoms with E-state index < -0.39 is 23.3 Å². The van der Waals surface area contributed by atoms with Gasteiger partial charge in [-0.05, 0) is 81.4 Å². The minimum absolute atomic E-state index is 0.0512. The van der Waals surface area contributed by atoms with Crippen LogP contribution in [0.3, 0.4) is 0 Å². The molecule has 0 atom stereocenters. The summed E-state index contributed by atoms with van der Waals surface area (Å²) in [6, 6.07) is 22.7. The lowest BCUT2D eigenvalue weighted by molar-refractivity contribution is 0.415. The molecule has 0 saturated heterocycles. The van der Waals surface area contributed by atoms with E-state index in [1.807, 2.05) is 31.2 Å². The molecule has 0 bridgehead atoms. The Morgan fingerprint density at radius 1 is 0.545 bits per heavy atom. The number of nitrogens with two attached hydrogens (primary N) is 2. The van der Waals surface area contributed by atoms with Crippen LogP contribution in [0.2, 0.25) is 0 Å². The van der Waals surface area contributed by atoms with E-state index in [2.05, 4.69) is 40.5 Å². The Hall–Kier alpha value is -7.30. The molecule has 6 N–H and O–H groups in total. The first kappa shape index (κ1) is 36.1. The predicted molar refractivity (Wildman–Crippen MR) is 202 cm³/mol. The van der Waals surface area contributed by atoms with Crippen molar-refractivity contribution in [3.05, 3.63) is 125 Å². The van der Waals surface area contributed by atoms with Crippen LogP contribution in [-0.4, -0.2) is 46.1 Å². The Labute approximate surface area is 310 Å². The summed E-state index contributed by atoms with van der Waals surface area (Å²) in [7, 11) is 1.56. The summed E-state index contributed by atoms with van der Waals surface area (Å²) >= 11 is 0. The first-order chi connectivity index (χ1) is 26.4. The maximum atomic E-state index is 14.5. The maximum absolute atomic E-state index is 14.5. The van der Waals surface area contributed by atoms with Gasteiger partial charge in [0.2, 0.25) is 23.5 Å². The standard InChI is InChI=1S/C19H16F2N6O.C19H16F2N6/c1-10-23-14-9-11(20)3-8-15(14)27(10)19-25-17(22)16(21)18(26-19)24-12-4-6-13(28-2)7-5-12;1-10-3-6-13(7-4-10)24-18-16(21)17(22)25-19(26-18)27-11(2)23-14-9-12(20)5-8-15(14)27/h3-9H,1-2H3,(H3,22,24,25,26);3-9H,1-2H3,(H3,22,24,25,26). The van der Waals surface area contributed by atoms with Gasteiger partial charge in [0.05, 0.1) is 29.2 Å². The van der Waals surface area contributed by atoms with Crippen LogP contribution in [-0.2, 0) is 0 Å². The number of halogens is 4. The van der Waals surface area contributed by atoms with Crippen LogP contribution < -0.4 is 26.8 Å². The molecule has 8 aromatic rings. The van der Waals surface area contributed by atoms with Crippen molar-refractivity contribution in [2.75, 3.05) is 29.2 Å². The number of hydrogen-bond donors (Lipinski definition) is 4. The Bertz CT molecular complexity index is 2700. The fourth-order valence-corrected chi connectivity index (χ4v) is 5.71. The second kappa shape index (κ2) is 14.6. The van der Waals surface area contributed by atoms with Crippen LogP contribution in [0.1, 0.15) is 17.2 Å². The summed E-state index contributed by atoms with van der Waals surface area (Å²) in [5.41, 5.74) is 15.9. The monoisotopic (exact) mass is 748 g/mol. The molecule has 0 unspecified atom stereocenters. The zero-order chi connectivity index (χ0) is 39.0. The van der Waals surface area contributed by atoms with E-state index in [9.17, 15) is 17.6 Å². The van der Waals surface area contributed by atoms with Gasteiger partial charge >= 0.3 is 0 Å². The van der Waals surface area contributed by atoms with Gasteiger partial charge in [-0.15, -0.1) is 0 Å². The van der Waals surface area contributed by atoms with E-state index in [0.717, 1.165) is 5.56 Å². The number of fused-ring (bicyclic) bond motifs is 2. The predicted octanol–water partition coefficient (Wildman–Crippen LogP) is 7.77. The van der Waals surface area contributed by atoms with Crippen molar-refractivity contribution < 1.29 is 22.3 Å². The number of ether oxygens (including phenoxy) is 1. The zero-order valence-corrected chi connectivity index (χ0v) is 29.7. The number of hydrogen-bond acceptors (Lipinski definition) is 11. The third-order valence-electron chi connectivity index (χ3n) is 8.37. The summed E-state index contributed by atoms with van der Waals surface area (Å²) in [5.74, 6) is -1.07. The molecule has 0 spiro atoms. The lowest BCUT2D eigenvalue weighted by Gasteiger charge is -2.12. The van der Waals surface area contributed by atoms with Crippen LogP contribution in [0.25, 0.3) is 34.0 Å². The number of aryl methyl sites for hydroxylation is 3. The van der Waals surface area contributed by atoms with Gasteiger partial charge in [-0.3, -0.25) is 9.13 Å². The number of aromatic nitrogens is 8. The lowest BCUT2D eigenvalue weighted by atomic mass is 10.2. The van der Waals surface area contributed by atoms with Gasteiger partial charge in [-0.1, -0.05) is 17.7 Å². The van der Waals surface area contributed by atoms with Gasteiger partial charge in [0.1, 0.15) is 29.0 Å². The number of nitrogens with one attached hydrogen (secondary N) is 2. The molecular weight excluding hydrogens is 716 g/mol. The molecule has 4 aromatic heterocycles. The van der Waals surface area contributed by atoms with Crippen LogP contribution in [0, 0.1) is 44.0 Å². The quantitative estimate of drug-likeness (QED) is 0.117. The highest BCUT2D eigenvalue weighted by atomic mass is 19.1. The van der Waals surface area contributed by atoms with E-state index in [1.165, 1.54) is 24.3 Å². The summed E-state index contributed by atoms with van der Waals surface area (Å²) < 4.78 is 64.2. The molecule has 0 aliphatic heterocycles. The lowest BCUT2D eigenvalue weighted by Crippen LogP contribution is -2.10. The van der Waals surface area contributed by atoms with Crippen LogP contribution in [0.5, 0.6) is 5.75 Å². The number of nitrogens with zero attached hydrogens (tertiary/aromatic N) is 8. The SMILES string of the molecule is COc1ccc(Nc2nc(-n3c(C)nc4cc(F)ccc43)nc(N)c2F)cc1.Cc1ccc(Nc2nc(-n3c(C)nc4cc(F)ccc43)nc(N)c2F)cc1. The minimum Gasteiger partial charge on any atom is -0.497 e. The number of rotatable bonds is 7.